The molecule has 0 aliphatic carbocycles. The molecule has 0 unspecified atom stereocenters. The van der Waals surface area contributed by atoms with Crippen LogP contribution in [0.4, 0.5) is 0 Å². The smallest absolute Gasteiger partial charge is 0.243 e. The number of carbonyl (C=O) groups is 2. The van der Waals surface area contributed by atoms with Gasteiger partial charge < -0.3 is 10.2 Å². The zero-order valence-corrected chi connectivity index (χ0v) is 12.6. The van der Waals surface area contributed by atoms with Crippen molar-refractivity contribution in [1.82, 2.24) is 10.2 Å². The van der Waals surface area contributed by atoms with Gasteiger partial charge in [-0.15, -0.1) is 11.3 Å². The van der Waals surface area contributed by atoms with Gasteiger partial charge in [0.05, 0.1) is 10.4 Å². The maximum atomic E-state index is 12.2. The molecule has 0 radical (unpaired) electrons. The van der Waals surface area contributed by atoms with Crippen LogP contribution in [0.5, 0.6) is 0 Å². The number of likely N-dealkylation sites (tertiary alicyclic amines) is 1. The van der Waals surface area contributed by atoms with E-state index in [-0.39, 0.29) is 23.9 Å². The summed E-state index contributed by atoms with van der Waals surface area (Å²) in [6, 6.07) is 3.33. The predicted octanol–water partition coefficient (Wildman–Crippen LogP) is 2.59. The first-order valence-electron chi connectivity index (χ1n) is 6.32. The number of nitrogens with zero attached hydrogens (tertiary/aromatic N) is 1. The van der Waals surface area contributed by atoms with E-state index in [0.717, 1.165) is 17.7 Å². The van der Waals surface area contributed by atoms with Gasteiger partial charge >= 0.3 is 0 Å². The fourth-order valence-corrected chi connectivity index (χ4v) is 3.42. The Bertz CT molecular complexity index is 489. The molecular weight excluding hydrogens is 284 g/mol. The Balaban J connectivity index is 1.99. The van der Waals surface area contributed by atoms with E-state index in [0.29, 0.717) is 10.9 Å². The van der Waals surface area contributed by atoms with Gasteiger partial charge in [0.1, 0.15) is 6.04 Å². The minimum atomic E-state index is -0.324. The predicted molar refractivity (Wildman–Crippen MR) is 76.3 cm³/mol. The second-order valence-electron chi connectivity index (χ2n) is 4.74. The third kappa shape index (κ3) is 3.28. The Hall–Kier alpha value is -1.07. The summed E-state index contributed by atoms with van der Waals surface area (Å²) in [4.78, 5) is 26.3. The highest BCUT2D eigenvalue weighted by molar-refractivity contribution is 7.16. The minimum Gasteiger partial charge on any atom is -0.347 e. The second kappa shape index (κ2) is 5.92. The lowest BCUT2D eigenvalue weighted by Crippen LogP contribution is -2.45. The molecule has 1 saturated heterocycles. The fraction of sp³-hybridized carbons (Fsp3) is 0.538. The molecule has 0 spiro atoms. The summed E-state index contributed by atoms with van der Waals surface area (Å²) in [5.41, 5.74) is 0. The minimum absolute atomic E-state index is 0.0375. The molecular formula is C13H17ClN2O2S. The molecule has 1 aliphatic rings. The van der Waals surface area contributed by atoms with Crippen molar-refractivity contribution in [3.05, 3.63) is 21.3 Å². The van der Waals surface area contributed by atoms with Crippen molar-refractivity contribution in [3.8, 4) is 0 Å². The van der Waals surface area contributed by atoms with E-state index in [9.17, 15) is 9.59 Å². The number of rotatable bonds is 3. The summed E-state index contributed by atoms with van der Waals surface area (Å²) in [6.07, 6.45) is 1.63. The SMILES string of the molecule is CC(=O)N1CCC[C@@H]1C(=O)N[C@@H](C)c1ccc(Cl)s1. The first-order chi connectivity index (χ1) is 8.99. The van der Waals surface area contributed by atoms with Crippen molar-refractivity contribution in [2.45, 2.75) is 38.8 Å². The Kier molecular flexibility index (Phi) is 4.47. The first-order valence-corrected chi connectivity index (χ1v) is 7.51. The number of hydrogen-bond donors (Lipinski definition) is 1. The molecule has 1 aromatic heterocycles. The largest absolute Gasteiger partial charge is 0.347 e. The lowest BCUT2D eigenvalue weighted by atomic mass is 10.2. The van der Waals surface area contributed by atoms with Gasteiger partial charge in [-0.2, -0.15) is 0 Å². The van der Waals surface area contributed by atoms with Crippen molar-refractivity contribution in [2.75, 3.05) is 6.54 Å². The van der Waals surface area contributed by atoms with Gasteiger partial charge in [0, 0.05) is 18.3 Å². The van der Waals surface area contributed by atoms with Crippen molar-refractivity contribution < 1.29 is 9.59 Å². The third-order valence-electron chi connectivity index (χ3n) is 3.34. The molecule has 4 nitrogen and oxygen atoms in total. The normalized spacial score (nSPS) is 20.4. The van der Waals surface area contributed by atoms with Gasteiger partial charge in [-0.05, 0) is 31.9 Å². The van der Waals surface area contributed by atoms with Crippen molar-refractivity contribution >= 4 is 34.8 Å². The number of carbonyl (C=O) groups excluding carboxylic acids is 2. The lowest BCUT2D eigenvalue weighted by molar-refractivity contribution is -0.137. The van der Waals surface area contributed by atoms with Crippen LogP contribution in [-0.4, -0.2) is 29.3 Å². The number of nitrogens with one attached hydrogen (secondary N) is 1. The molecule has 2 heterocycles. The van der Waals surface area contributed by atoms with Gasteiger partial charge in [0.2, 0.25) is 11.8 Å². The van der Waals surface area contributed by atoms with E-state index in [1.54, 1.807) is 4.90 Å². The Morgan fingerprint density at radius 3 is 2.84 bits per heavy atom. The number of halogens is 1. The van der Waals surface area contributed by atoms with Crippen LogP contribution < -0.4 is 5.32 Å². The zero-order valence-electron chi connectivity index (χ0n) is 11.0. The number of amides is 2. The average Bonchev–Trinajstić information content (AvgIpc) is 2.96. The maximum absolute atomic E-state index is 12.2. The van der Waals surface area contributed by atoms with Crippen molar-refractivity contribution in [3.63, 3.8) is 0 Å². The third-order valence-corrected chi connectivity index (χ3v) is 4.75. The Morgan fingerprint density at radius 2 is 2.26 bits per heavy atom. The Morgan fingerprint density at radius 1 is 1.53 bits per heavy atom. The highest BCUT2D eigenvalue weighted by Gasteiger charge is 2.32. The molecule has 0 saturated carbocycles. The summed E-state index contributed by atoms with van der Waals surface area (Å²) >= 11 is 7.34. The molecule has 6 heteroatoms. The van der Waals surface area contributed by atoms with Crippen LogP contribution >= 0.6 is 22.9 Å². The number of thiophene rings is 1. The molecule has 19 heavy (non-hydrogen) atoms. The summed E-state index contributed by atoms with van der Waals surface area (Å²) in [6.45, 7) is 4.10. The topological polar surface area (TPSA) is 49.4 Å². The molecule has 0 bridgehead atoms. The van der Waals surface area contributed by atoms with E-state index >= 15 is 0 Å². The molecule has 1 aromatic rings. The van der Waals surface area contributed by atoms with Gasteiger partial charge in [0.25, 0.3) is 0 Å². The van der Waals surface area contributed by atoms with E-state index in [1.807, 2.05) is 19.1 Å². The molecule has 2 atom stereocenters. The van der Waals surface area contributed by atoms with E-state index in [4.69, 9.17) is 11.6 Å². The lowest BCUT2D eigenvalue weighted by Gasteiger charge is -2.24. The van der Waals surface area contributed by atoms with Crippen LogP contribution in [0.25, 0.3) is 0 Å². The van der Waals surface area contributed by atoms with Crippen LogP contribution in [0.3, 0.4) is 0 Å². The molecule has 1 N–H and O–H groups in total. The second-order valence-corrected chi connectivity index (χ2v) is 6.49. The average molecular weight is 301 g/mol. The van der Waals surface area contributed by atoms with E-state index in [1.165, 1.54) is 18.3 Å². The zero-order chi connectivity index (χ0) is 14.0. The monoisotopic (exact) mass is 300 g/mol. The van der Waals surface area contributed by atoms with Gasteiger partial charge in [-0.25, -0.2) is 0 Å². The van der Waals surface area contributed by atoms with Crippen molar-refractivity contribution in [1.29, 1.82) is 0 Å². The van der Waals surface area contributed by atoms with Crippen molar-refractivity contribution in [2.24, 2.45) is 0 Å². The summed E-state index contributed by atoms with van der Waals surface area (Å²) in [7, 11) is 0. The highest BCUT2D eigenvalue weighted by Crippen LogP contribution is 2.27. The summed E-state index contributed by atoms with van der Waals surface area (Å²) < 4.78 is 0.710. The Labute approximate surface area is 121 Å². The van der Waals surface area contributed by atoms with Crippen LogP contribution in [-0.2, 0) is 9.59 Å². The quantitative estimate of drug-likeness (QED) is 0.933. The number of hydrogen-bond acceptors (Lipinski definition) is 3. The maximum Gasteiger partial charge on any atom is 0.243 e. The van der Waals surface area contributed by atoms with E-state index < -0.39 is 0 Å². The standard InChI is InChI=1S/C13H17ClN2O2S/c1-8(11-5-6-12(14)19-11)15-13(18)10-4-3-7-16(10)9(2)17/h5-6,8,10H,3-4,7H2,1-2H3,(H,15,18)/t8-,10+/m0/s1. The van der Waals surface area contributed by atoms with Crippen LogP contribution in [0.2, 0.25) is 4.34 Å². The molecule has 104 valence electrons. The van der Waals surface area contributed by atoms with Gasteiger partial charge in [-0.3, -0.25) is 9.59 Å². The van der Waals surface area contributed by atoms with Gasteiger partial charge in [0.15, 0.2) is 0 Å². The molecule has 0 aromatic carbocycles. The van der Waals surface area contributed by atoms with Crippen LogP contribution in [0, 0.1) is 0 Å². The molecule has 2 amide bonds. The summed E-state index contributed by atoms with van der Waals surface area (Å²) in [5, 5.41) is 2.96. The molecule has 2 rings (SSSR count). The van der Waals surface area contributed by atoms with E-state index in [2.05, 4.69) is 5.32 Å². The summed E-state index contributed by atoms with van der Waals surface area (Å²) in [5.74, 6) is -0.116. The fourth-order valence-electron chi connectivity index (χ4n) is 2.36. The molecule has 1 aliphatic heterocycles. The highest BCUT2D eigenvalue weighted by atomic mass is 35.5. The van der Waals surface area contributed by atoms with Crippen LogP contribution in [0.1, 0.15) is 37.6 Å². The molecule has 1 fully saturated rings. The first kappa shape index (κ1) is 14.3. The van der Waals surface area contributed by atoms with Gasteiger partial charge in [-0.1, -0.05) is 11.6 Å². The van der Waals surface area contributed by atoms with Crippen LogP contribution in [0.15, 0.2) is 12.1 Å².